The smallest absolute Gasteiger partial charge is 0.257 e. The summed E-state index contributed by atoms with van der Waals surface area (Å²) in [5, 5.41) is 10.5. The third kappa shape index (κ3) is 3.00. The van der Waals surface area contributed by atoms with E-state index in [0.717, 1.165) is 17.8 Å². The van der Waals surface area contributed by atoms with Crippen molar-refractivity contribution in [2.75, 3.05) is 7.05 Å². The summed E-state index contributed by atoms with van der Waals surface area (Å²) in [6.45, 7) is 2.09. The van der Waals surface area contributed by atoms with E-state index in [4.69, 9.17) is 4.52 Å². The number of nitrogens with one attached hydrogen (secondary N) is 1. The Labute approximate surface area is 127 Å². The number of fused-ring (bicyclic) bond motifs is 1. The first-order chi connectivity index (χ1) is 9.26. The maximum Gasteiger partial charge on any atom is 0.257 e. The fraction of sp³-hybridized carbons (Fsp3) is 0.286. The highest BCUT2D eigenvalue weighted by atomic mass is 35.5. The lowest BCUT2D eigenvalue weighted by Gasteiger charge is -2.04. The molecular formula is C14H16ClN3OS. The number of likely N-dealkylation sites (N-methyl/N-ethyl adjacent to an activating group) is 1. The monoisotopic (exact) mass is 309 g/mol. The van der Waals surface area contributed by atoms with Crippen LogP contribution in [0.5, 0.6) is 0 Å². The number of hydrogen-bond donors (Lipinski definition) is 1. The molecule has 1 atom stereocenters. The number of aromatic nitrogens is 2. The molecule has 20 heavy (non-hydrogen) atoms. The van der Waals surface area contributed by atoms with Crippen LogP contribution < -0.4 is 5.32 Å². The normalized spacial score (nSPS) is 12.3. The van der Waals surface area contributed by atoms with Crippen LogP contribution in [0.1, 0.15) is 12.7 Å². The molecule has 0 saturated heterocycles. The fourth-order valence-electron chi connectivity index (χ4n) is 1.93. The van der Waals surface area contributed by atoms with Gasteiger partial charge in [0.05, 0.1) is 0 Å². The van der Waals surface area contributed by atoms with Gasteiger partial charge in [-0.2, -0.15) is 4.98 Å². The lowest BCUT2D eigenvalue weighted by atomic mass is 10.1. The number of thiophene rings is 1. The Balaban J connectivity index is 0.00000147. The largest absolute Gasteiger partial charge is 0.334 e. The van der Waals surface area contributed by atoms with Gasteiger partial charge in [0, 0.05) is 22.7 Å². The van der Waals surface area contributed by atoms with Crippen LogP contribution in [0.15, 0.2) is 34.2 Å². The SMILES string of the molecule is CNC(C)Cc1noc(-c2ccc3sccc3c2)n1.Cl. The third-order valence-corrected chi connectivity index (χ3v) is 4.05. The van der Waals surface area contributed by atoms with Crippen LogP contribution in [0, 0.1) is 0 Å². The van der Waals surface area contributed by atoms with E-state index in [1.54, 1.807) is 11.3 Å². The Kier molecular flexibility index (Phi) is 4.75. The average Bonchev–Trinajstić information content (AvgIpc) is 3.05. The highest BCUT2D eigenvalue weighted by Gasteiger charge is 2.11. The van der Waals surface area contributed by atoms with Gasteiger partial charge in [0.2, 0.25) is 0 Å². The Bertz CT molecular complexity index is 694. The summed E-state index contributed by atoms with van der Waals surface area (Å²) in [7, 11) is 1.93. The number of benzene rings is 1. The predicted octanol–water partition coefficient (Wildman–Crippen LogP) is 3.52. The first kappa shape index (κ1) is 15.0. The van der Waals surface area contributed by atoms with Crippen LogP contribution in [0.2, 0.25) is 0 Å². The topological polar surface area (TPSA) is 51.0 Å². The molecule has 0 aliphatic carbocycles. The molecule has 4 nitrogen and oxygen atoms in total. The number of rotatable bonds is 4. The average molecular weight is 310 g/mol. The van der Waals surface area contributed by atoms with Crippen LogP contribution in [-0.4, -0.2) is 23.2 Å². The quantitative estimate of drug-likeness (QED) is 0.801. The molecule has 1 aromatic carbocycles. The van der Waals surface area contributed by atoms with Crippen LogP contribution in [0.3, 0.4) is 0 Å². The molecule has 0 radical (unpaired) electrons. The molecule has 3 rings (SSSR count). The van der Waals surface area contributed by atoms with Crippen molar-refractivity contribution in [3.63, 3.8) is 0 Å². The molecule has 1 N–H and O–H groups in total. The van der Waals surface area contributed by atoms with Crippen molar-refractivity contribution >= 4 is 33.8 Å². The molecule has 0 amide bonds. The zero-order chi connectivity index (χ0) is 13.2. The van der Waals surface area contributed by atoms with Gasteiger partial charge in [-0.25, -0.2) is 0 Å². The summed E-state index contributed by atoms with van der Waals surface area (Å²) in [6.07, 6.45) is 0.765. The molecular weight excluding hydrogens is 294 g/mol. The van der Waals surface area contributed by atoms with Gasteiger partial charge in [-0.3, -0.25) is 0 Å². The first-order valence-corrected chi connectivity index (χ1v) is 7.11. The molecule has 0 saturated carbocycles. The molecule has 2 heterocycles. The van der Waals surface area contributed by atoms with Crippen molar-refractivity contribution in [2.45, 2.75) is 19.4 Å². The molecule has 3 aromatic rings. The first-order valence-electron chi connectivity index (χ1n) is 6.24. The number of hydrogen-bond acceptors (Lipinski definition) is 5. The number of nitrogens with zero attached hydrogens (tertiary/aromatic N) is 2. The van der Waals surface area contributed by atoms with Gasteiger partial charge < -0.3 is 9.84 Å². The third-order valence-electron chi connectivity index (χ3n) is 3.15. The summed E-state index contributed by atoms with van der Waals surface area (Å²) in [5.41, 5.74) is 0.974. The van der Waals surface area contributed by atoms with Gasteiger partial charge in [-0.1, -0.05) is 5.16 Å². The van der Waals surface area contributed by atoms with Crippen LogP contribution in [0.4, 0.5) is 0 Å². The molecule has 1 unspecified atom stereocenters. The maximum absolute atomic E-state index is 5.34. The summed E-state index contributed by atoms with van der Waals surface area (Å²) in [4.78, 5) is 4.45. The Morgan fingerprint density at radius 1 is 1.35 bits per heavy atom. The van der Waals surface area contributed by atoms with Gasteiger partial charge in [0.25, 0.3) is 5.89 Å². The minimum absolute atomic E-state index is 0. The van der Waals surface area contributed by atoms with E-state index < -0.39 is 0 Å². The second-order valence-electron chi connectivity index (χ2n) is 4.58. The Hall–Kier alpha value is -1.43. The molecule has 106 valence electrons. The lowest BCUT2D eigenvalue weighted by molar-refractivity contribution is 0.418. The standard InChI is InChI=1S/C14H15N3OS.ClH/c1-9(15-2)7-13-16-14(18-17-13)11-3-4-12-10(8-11)5-6-19-12;/h3-6,8-9,15H,7H2,1-2H3;1H. The highest BCUT2D eigenvalue weighted by molar-refractivity contribution is 7.17. The zero-order valence-corrected chi connectivity index (χ0v) is 12.9. The van der Waals surface area contributed by atoms with E-state index in [1.165, 1.54) is 10.1 Å². The van der Waals surface area contributed by atoms with E-state index in [9.17, 15) is 0 Å². The summed E-state index contributed by atoms with van der Waals surface area (Å²) in [6, 6.07) is 8.64. The van der Waals surface area contributed by atoms with Crippen LogP contribution in [0.25, 0.3) is 21.5 Å². The van der Waals surface area contributed by atoms with Crippen LogP contribution >= 0.6 is 23.7 Å². The summed E-state index contributed by atoms with van der Waals surface area (Å²) >= 11 is 1.73. The fourth-order valence-corrected chi connectivity index (χ4v) is 2.70. The van der Waals surface area contributed by atoms with Gasteiger partial charge in [-0.05, 0) is 49.0 Å². The Morgan fingerprint density at radius 2 is 2.20 bits per heavy atom. The summed E-state index contributed by atoms with van der Waals surface area (Å²) in [5.74, 6) is 1.33. The molecule has 6 heteroatoms. The molecule has 0 spiro atoms. The second-order valence-corrected chi connectivity index (χ2v) is 5.53. The number of halogens is 1. The molecule has 0 fully saturated rings. The van der Waals surface area contributed by atoms with Crippen molar-refractivity contribution in [2.24, 2.45) is 0 Å². The summed E-state index contributed by atoms with van der Waals surface area (Å²) < 4.78 is 6.61. The molecule has 2 aromatic heterocycles. The van der Waals surface area contributed by atoms with Crippen molar-refractivity contribution in [1.82, 2.24) is 15.5 Å². The van der Waals surface area contributed by atoms with E-state index >= 15 is 0 Å². The molecule has 0 aliphatic heterocycles. The van der Waals surface area contributed by atoms with Crippen LogP contribution in [-0.2, 0) is 6.42 Å². The minimum atomic E-state index is 0. The van der Waals surface area contributed by atoms with E-state index in [-0.39, 0.29) is 12.4 Å². The van der Waals surface area contributed by atoms with Crippen molar-refractivity contribution < 1.29 is 4.52 Å². The van der Waals surface area contributed by atoms with Gasteiger partial charge in [0.15, 0.2) is 5.82 Å². The van der Waals surface area contributed by atoms with Crippen molar-refractivity contribution in [3.05, 3.63) is 35.5 Å². The van der Waals surface area contributed by atoms with Gasteiger partial charge >= 0.3 is 0 Å². The van der Waals surface area contributed by atoms with Crippen molar-refractivity contribution in [3.8, 4) is 11.5 Å². The lowest BCUT2D eigenvalue weighted by Crippen LogP contribution is -2.24. The maximum atomic E-state index is 5.34. The zero-order valence-electron chi connectivity index (χ0n) is 11.3. The minimum Gasteiger partial charge on any atom is -0.334 e. The molecule has 0 aliphatic rings. The highest BCUT2D eigenvalue weighted by Crippen LogP contribution is 2.26. The predicted molar refractivity (Wildman–Crippen MR) is 84.6 cm³/mol. The van der Waals surface area contributed by atoms with Gasteiger partial charge in [-0.15, -0.1) is 23.7 Å². The second kappa shape index (κ2) is 6.35. The van der Waals surface area contributed by atoms with E-state index in [1.807, 2.05) is 13.1 Å². The molecule has 0 bridgehead atoms. The van der Waals surface area contributed by atoms with E-state index in [2.05, 4.69) is 46.0 Å². The Morgan fingerprint density at radius 3 is 3.00 bits per heavy atom. The van der Waals surface area contributed by atoms with E-state index in [0.29, 0.717) is 11.9 Å². The van der Waals surface area contributed by atoms with Gasteiger partial charge in [0.1, 0.15) is 0 Å². The van der Waals surface area contributed by atoms with Crippen molar-refractivity contribution in [1.29, 1.82) is 0 Å².